The SMILES string of the molecule is CC1=C(CCC(C)/C=C2/C(=O)OC(C)(C)OC2O)C(C)(C)CCC1. The van der Waals surface area contributed by atoms with Gasteiger partial charge in [-0.3, -0.25) is 0 Å². The number of cyclic esters (lactones) is 1. The highest BCUT2D eigenvalue weighted by Gasteiger charge is 2.38. The molecule has 0 radical (unpaired) electrons. The van der Waals surface area contributed by atoms with Gasteiger partial charge < -0.3 is 14.6 Å². The maximum Gasteiger partial charge on any atom is 0.341 e. The minimum atomic E-state index is -1.21. The summed E-state index contributed by atoms with van der Waals surface area (Å²) in [5.74, 6) is -1.39. The van der Waals surface area contributed by atoms with Gasteiger partial charge in [0.1, 0.15) is 0 Å². The Balaban J connectivity index is 2.03. The Morgan fingerprint density at radius 1 is 1.33 bits per heavy atom. The molecular formula is C20H32O4. The summed E-state index contributed by atoms with van der Waals surface area (Å²) in [5, 5.41) is 10.1. The van der Waals surface area contributed by atoms with E-state index in [4.69, 9.17) is 9.47 Å². The molecule has 2 aliphatic rings. The largest absolute Gasteiger partial charge is 0.430 e. The molecule has 4 heteroatoms. The van der Waals surface area contributed by atoms with E-state index in [0.717, 1.165) is 12.8 Å². The molecule has 2 atom stereocenters. The fourth-order valence-corrected chi connectivity index (χ4v) is 3.88. The van der Waals surface area contributed by atoms with E-state index >= 15 is 0 Å². The highest BCUT2D eigenvalue weighted by atomic mass is 16.8. The van der Waals surface area contributed by atoms with Gasteiger partial charge in [-0.2, -0.15) is 0 Å². The van der Waals surface area contributed by atoms with Crippen molar-refractivity contribution in [1.82, 2.24) is 0 Å². The quantitative estimate of drug-likeness (QED) is 0.467. The zero-order valence-electron chi connectivity index (χ0n) is 15.9. The molecule has 0 aromatic heterocycles. The molecule has 0 bridgehead atoms. The maximum atomic E-state index is 12.1. The molecule has 0 spiro atoms. The van der Waals surface area contributed by atoms with Gasteiger partial charge >= 0.3 is 5.97 Å². The van der Waals surface area contributed by atoms with Crippen LogP contribution in [0.4, 0.5) is 0 Å². The zero-order chi connectivity index (χ0) is 18.1. The number of rotatable bonds is 4. The van der Waals surface area contributed by atoms with Gasteiger partial charge in [0.2, 0.25) is 5.79 Å². The number of carbonyl (C=O) groups is 1. The van der Waals surface area contributed by atoms with Gasteiger partial charge in [0, 0.05) is 13.8 Å². The number of hydrogen-bond acceptors (Lipinski definition) is 4. The van der Waals surface area contributed by atoms with Crippen LogP contribution in [0, 0.1) is 11.3 Å². The van der Waals surface area contributed by atoms with Crippen molar-refractivity contribution in [1.29, 1.82) is 0 Å². The summed E-state index contributed by atoms with van der Waals surface area (Å²) in [4.78, 5) is 12.1. The van der Waals surface area contributed by atoms with Crippen LogP contribution in [0.5, 0.6) is 0 Å². The number of hydrogen-bond donors (Lipinski definition) is 1. The number of ether oxygens (including phenoxy) is 2. The first-order valence-corrected chi connectivity index (χ1v) is 9.02. The molecule has 1 aliphatic heterocycles. The van der Waals surface area contributed by atoms with Gasteiger partial charge in [0.05, 0.1) is 5.57 Å². The fraction of sp³-hybridized carbons (Fsp3) is 0.750. The van der Waals surface area contributed by atoms with Crippen LogP contribution < -0.4 is 0 Å². The molecule has 0 aromatic carbocycles. The molecule has 24 heavy (non-hydrogen) atoms. The van der Waals surface area contributed by atoms with E-state index in [2.05, 4.69) is 27.7 Å². The summed E-state index contributed by atoms with van der Waals surface area (Å²) in [7, 11) is 0. The van der Waals surface area contributed by atoms with Crippen molar-refractivity contribution in [2.45, 2.75) is 85.7 Å². The molecule has 4 nitrogen and oxygen atoms in total. The van der Waals surface area contributed by atoms with Crippen LogP contribution in [0.1, 0.15) is 73.6 Å². The van der Waals surface area contributed by atoms with Crippen LogP contribution in [0.25, 0.3) is 0 Å². The molecular weight excluding hydrogens is 304 g/mol. The second-order valence-electron chi connectivity index (χ2n) is 8.39. The third-order valence-corrected chi connectivity index (χ3v) is 5.24. The van der Waals surface area contributed by atoms with E-state index in [9.17, 15) is 9.90 Å². The monoisotopic (exact) mass is 336 g/mol. The molecule has 1 aliphatic carbocycles. The summed E-state index contributed by atoms with van der Waals surface area (Å²) >= 11 is 0. The first-order chi connectivity index (χ1) is 11.0. The first-order valence-electron chi connectivity index (χ1n) is 9.02. The summed E-state index contributed by atoms with van der Waals surface area (Å²) in [6.07, 6.45) is 6.27. The van der Waals surface area contributed by atoms with Crippen molar-refractivity contribution in [2.24, 2.45) is 11.3 Å². The fourth-order valence-electron chi connectivity index (χ4n) is 3.88. The van der Waals surface area contributed by atoms with Gasteiger partial charge in [-0.05, 0) is 50.4 Å². The highest BCUT2D eigenvalue weighted by Crippen LogP contribution is 2.42. The molecule has 0 amide bonds. The number of aliphatic hydroxyl groups excluding tert-OH is 1. The molecule has 1 heterocycles. The standard InChI is InChI=1S/C20H32O4/c1-13(9-10-16-14(2)8-7-11-19(16,3)4)12-15-17(21)23-20(5,6)24-18(15)22/h12-13,17,21H,7-11H2,1-6H3/b15-12+. The molecule has 2 rings (SSSR count). The van der Waals surface area contributed by atoms with E-state index in [1.165, 1.54) is 24.8 Å². The van der Waals surface area contributed by atoms with Crippen molar-refractivity contribution in [2.75, 3.05) is 0 Å². The van der Waals surface area contributed by atoms with Crippen LogP contribution in [-0.2, 0) is 14.3 Å². The molecule has 1 fully saturated rings. The maximum absolute atomic E-state index is 12.1. The lowest BCUT2D eigenvalue weighted by Crippen LogP contribution is -2.44. The Bertz CT molecular complexity index is 554. The lowest BCUT2D eigenvalue weighted by Gasteiger charge is -2.35. The smallest absolute Gasteiger partial charge is 0.341 e. The van der Waals surface area contributed by atoms with Crippen LogP contribution in [0.2, 0.25) is 0 Å². The predicted molar refractivity (Wildman–Crippen MR) is 94.1 cm³/mol. The minimum Gasteiger partial charge on any atom is -0.430 e. The lowest BCUT2D eigenvalue weighted by molar-refractivity contribution is -0.279. The van der Waals surface area contributed by atoms with Gasteiger partial charge in [0.25, 0.3) is 0 Å². The van der Waals surface area contributed by atoms with Crippen LogP contribution in [0.15, 0.2) is 22.8 Å². The van der Waals surface area contributed by atoms with E-state index in [1.54, 1.807) is 25.5 Å². The lowest BCUT2D eigenvalue weighted by atomic mass is 9.71. The molecule has 2 unspecified atom stereocenters. The Morgan fingerprint density at radius 3 is 2.58 bits per heavy atom. The highest BCUT2D eigenvalue weighted by molar-refractivity contribution is 5.90. The molecule has 0 saturated carbocycles. The molecule has 1 N–H and O–H groups in total. The van der Waals surface area contributed by atoms with Crippen molar-refractivity contribution in [3.8, 4) is 0 Å². The predicted octanol–water partition coefficient (Wildman–Crippen LogP) is 4.48. The second kappa shape index (κ2) is 7.01. The van der Waals surface area contributed by atoms with Gasteiger partial charge in [-0.25, -0.2) is 4.79 Å². The number of esters is 1. The van der Waals surface area contributed by atoms with Crippen molar-refractivity contribution in [3.63, 3.8) is 0 Å². The Hall–Kier alpha value is -1.13. The van der Waals surface area contributed by atoms with Crippen LogP contribution in [-0.4, -0.2) is 23.2 Å². The second-order valence-corrected chi connectivity index (χ2v) is 8.39. The molecule has 0 aromatic rings. The summed E-state index contributed by atoms with van der Waals surface area (Å²) < 4.78 is 10.5. The number of allylic oxidation sites excluding steroid dienone is 3. The van der Waals surface area contributed by atoms with Crippen LogP contribution >= 0.6 is 0 Å². The van der Waals surface area contributed by atoms with E-state index in [0.29, 0.717) is 0 Å². The first kappa shape index (κ1) is 19.2. The van der Waals surface area contributed by atoms with Gasteiger partial charge in [0.15, 0.2) is 6.29 Å². The molecule has 136 valence electrons. The van der Waals surface area contributed by atoms with Crippen molar-refractivity contribution in [3.05, 3.63) is 22.8 Å². The van der Waals surface area contributed by atoms with Crippen LogP contribution in [0.3, 0.4) is 0 Å². The minimum absolute atomic E-state index is 0.171. The average molecular weight is 336 g/mol. The third-order valence-electron chi connectivity index (χ3n) is 5.24. The summed E-state index contributed by atoms with van der Waals surface area (Å²) in [5.41, 5.74) is 3.57. The van der Waals surface area contributed by atoms with Gasteiger partial charge in [-0.15, -0.1) is 0 Å². The third kappa shape index (κ3) is 4.48. The Labute approximate surface area is 145 Å². The normalized spacial score (nSPS) is 29.5. The number of carbonyl (C=O) groups excluding carboxylic acids is 1. The molecule has 1 saturated heterocycles. The summed E-state index contributed by atoms with van der Waals surface area (Å²) in [6, 6.07) is 0. The van der Waals surface area contributed by atoms with E-state index in [1.807, 2.05) is 0 Å². The Morgan fingerprint density at radius 2 is 2.00 bits per heavy atom. The average Bonchev–Trinajstić information content (AvgIpc) is 2.40. The van der Waals surface area contributed by atoms with Crippen molar-refractivity contribution < 1.29 is 19.4 Å². The van der Waals surface area contributed by atoms with Crippen molar-refractivity contribution >= 4 is 5.97 Å². The Kier molecular flexibility index (Phi) is 5.61. The zero-order valence-corrected chi connectivity index (χ0v) is 15.9. The topological polar surface area (TPSA) is 55.8 Å². The van der Waals surface area contributed by atoms with E-state index in [-0.39, 0.29) is 16.9 Å². The van der Waals surface area contributed by atoms with E-state index < -0.39 is 18.0 Å². The number of aliphatic hydroxyl groups is 1. The summed E-state index contributed by atoms with van der Waals surface area (Å²) in [6.45, 7) is 12.2. The van der Waals surface area contributed by atoms with Gasteiger partial charge in [-0.1, -0.05) is 38.0 Å².